The molecule has 2 aromatic rings. The quantitative estimate of drug-likeness (QED) is 0.918. The molecule has 1 heterocycles. The van der Waals surface area contributed by atoms with Gasteiger partial charge in [0, 0.05) is 25.7 Å². The first-order chi connectivity index (χ1) is 9.86. The Hall–Kier alpha value is -1.63. The molecule has 114 valence electrons. The fourth-order valence-corrected chi connectivity index (χ4v) is 3.54. The summed E-state index contributed by atoms with van der Waals surface area (Å²) in [4.78, 5) is 0.300. The first-order valence-corrected chi connectivity index (χ1v) is 8.09. The highest BCUT2D eigenvalue weighted by Crippen LogP contribution is 2.22. The van der Waals surface area contributed by atoms with Gasteiger partial charge < -0.3 is 10.2 Å². The summed E-state index contributed by atoms with van der Waals surface area (Å²) in [6.07, 6.45) is 1.56. The van der Waals surface area contributed by atoms with Crippen LogP contribution in [0.1, 0.15) is 22.5 Å². The van der Waals surface area contributed by atoms with Crippen molar-refractivity contribution >= 4 is 10.0 Å². The van der Waals surface area contributed by atoms with Gasteiger partial charge in [-0.1, -0.05) is 12.1 Å². The Morgan fingerprint density at radius 2 is 1.95 bits per heavy atom. The van der Waals surface area contributed by atoms with Crippen LogP contribution in [0.2, 0.25) is 0 Å². The van der Waals surface area contributed by atoms with E-state index in [-0.39, 0.29) is 6.54 Å². The second-order valence-corrected chi connectivity index (χ2v) is 7.08. The molecule has 0 unspecified atom stereocenters. The molecule has 0 aliphatic rings. The molecule has 0 atom stereocenters. The van der Waals surface area contributed by atoms with E-state index in [1.165, 1.54) is 4.31 Å². The van der Waals surface area contributed by atoms with E-state index >= 15 is 0 Å². The predicted molar refractivity (Wildman–Crippen MR) is 81.2 cm³/mol. The molecule has 0 fully saturated rings. The zero-order valence-electron chi connectivity index (χ0n) is 12.5. The van der Waals surface area contributed by atoms with Crippen LogP contribution in [-0.4, -0.2) is 19.8 Å². The minimum Gasteiger partial charge on any atom is -0.469 e. The second-order valence-electron chi connectivity index (χ2n) is 5.07. The van der Waals surface area contributed by atoms with Crippen molar-refractivity contribution in [2.45, 2.75) is 31.8 Å². The zero-order chi connectivity index (χ0) is 15.6. The number of aryl methyl sites for hydroxylation is 2. The van der Waals surface area contributed by atoms with E-state index in [0.29, 0.717) is 17.0 Å². The van der Waals surface area contributed by atoms with Gasteiger partial charge in [0.1, 0.15) is 5.76 Å². The lowest BCUT2D eigenvalue weighted by Crippen LogP contribution is -2.27. The molecule has 0 amide bonds. The highest BCUT2D eigenvalue weighted by molar-refractivity contribution is 7.89. The molecule has 0 saturated carbocycles. The molecule has 0 radical (unpaired) electrons. The number of sulfonamides is 1. The second kappa shape index (κ2) is 6.01. The summed E-state index contributed by atoms with van der Waals surface area (Å²) in [6.45, 7) is 4.19. The van der Waals surface area contributed by atoms with Gasteiger partial charge in [0.2, 0.25) is 10.0 Å². The van der Waals surface area contributed by atoms with E-state index in [0.717, 1.165) is 16.9 Å². The summed E-state index contributed by atoms with van der Waals surface area (Å²) in [5.41, 5.74) is 7.96. The maximum atomic E-state index is 12.7. The van der Waals surface area contributed by atoms with Crippen LogP contribution < -0.4 is 5.73 Å². The van der Waals surface area contributed by atoms with Crippen molar-refractivity contribution in [3.8, 4) is 0 Å². The molecular weight excluding hydrogens is 288 g/mol. The molecule has 0 aliphatic heterocycles. The van der Waals surface area contributed by atoms with Crippen molar-refractivity contribution in [1.29, 1.82) is 0 Å². The highest BCUT2D eigenvalue weighted by atomic mass is 32.2. The van der Waals surface area contributed by atoms with Crippen molar-refractivity contribution in [2.24, 2.45) is 5.73 Å². The van der Waals surface area contributed by atoms with Crippen molar-refractivity contribution in [1.82, 2.24) is 4.31 Å². The van der Waals surface area contributed by atoms with Gasteiger partial charge in [-0.3, -0.25) is 0 Å². The average molecular weight is 308 g/mol. The molecule has 0 bridgehead atoms. The third-order valence-electron chi connectivity index (χ3n) is 3.54. The first kappa shape index (κ1) is 15.8. The molecule has 1 aromatic heterocycles. The minimum atomic E-state index is -3.56. The first-order valence-electron chi connectivity index (χ1n) is 6.65. The Bertz CT molecular complexity index is 735. The lowest BCUT2D eigenvalue weighted by molar-refractivity contribution is 0.458. The molecule has 2 rings (SSSR count). The Labute approximate surface area is 125 Å². The van der Waals surface area contributed by atoms with Crippen molar-refractivity contribution in [3.05, 3.63) is 53.0 Å². The molecule has 0 spiro atoms. The van der Waals surface area contributed by atoms with Crippen LogP contribution in [0.3, 0.4) is 0 Å². The van der Waals surface area contributed by atoms with Gasteiger partial charge in [-0.15, -0.1) is 0 Å². The normalized spacial score (nSPS) is 12.0. The topological polar surface area (TPSA) is 76.5 Å². The number of furan rings is 1. The molecule has 21 heavy (non-hydrogen) atoms. The van der Waals surface area contributed by atoms with Crippen molar-refractivity contribution < 1.29 is 12.8 Å². The van der Waals surface area contributed by atoms with Crippen LogP contribution in [-0.2, 0) is 23.1 Å². The molecule has 1 aromatic carbocycles. The standard InChI is InChI=1S/C15H20N2O3S/c1-11-4-5-13(9-16)8-15(11)21(18,19)17(3)10-14-6-7-20-12(14)2/h4-8H,9-10,16H2,1-3H3. The number of benzene rings is 1. The summed E-state index contributed by atoms with van der Waals surface area (Å²) in [5.74, 6) is 0.726. The van der Waals surface area contributed by atoms with E-state index in [9.17, 15) is 8.42 Å². The van der Waals surface area contributed by atoms with E-state index in [2.05, 4.69) is 0 Å². The van der Waals surface area contributed by atoms with E-state index in [1.807, 2.05) is 13.0 Å². The van der Waals surface area contributed by atoms with Crippen LogP contribution in [0.15, 0.2) is 39.8 Å². The predicted octanol–water partition coefficient (Wildman–Crippen LogP) is 2.18. The molecule has 2 N–H and O–H groups in total. The fraction of sp³-hybridized carbons (Fsp3) is 0.333. The van der Waals surface area contributed by atoms with Gasteiger partial charge in [-0.05, 0) is 37.1 Å². The van der Waals surface area contributed by atoms with Gasteiger partial charge in [0.25, 0.3) is 0 Å². The molecule has 0 saturated heterocycles. The van der Waals surface area contributed by atoms with Gasteiger partial charge in [-0.25, -0.2) is 8.42 Å². The van der Waals surface area contributed by atoms with Gasteiger partial charge >= 0.3 is 0 Å². The number of rotatable bonds is 5. The van der Waals surface area contributed by atoms with E-state index in [1.54, 1.807) is 38.4 Å². The number of hydrogen-bond acceptors (Lipinski definition) is 4. The van der Waals surface area contributed by atoms with Crippen LogP contribution in [0.4, 0.5) is 0 Å². The average Bonchev–Trinajstić information content (AvgIpc) is 2.84. The smallest absolute Gasteiger partial charge is 0.243 e. The van der Waals surface area contributed by atoms with E-state index in [4.69, 9.17) is 10.2 Å². The Morgan fingerprint density at radius 1 is 1.24 bits per heavy atom. The van der Waals surface area contributed by atoms with Crippen LogP contribution in [0.25, 0.3) is 0 Å². The van der Waals surface area contributed by atoms with Gasteiger partial charge in [0.15, 0.2) is 0 Å². The molecule has 6 heteroatoms. The lowest BCUT2D eigenvalue weighted by Gasteiger charge is -2.19. The van der Waals surface area contributed by atoms with Crippen molar-refractivity contribution in [3.63, 3.8) is 0 Å². The maximum absolute atomic E-state index is 12.7. The lowest BCUT2D eigenvalue weighted by atomic mass is 10.1. The SMILES string of the molecule is Cc1ccc(CN)cc1S(=O)(=O)N(C)Cc1ccoc1C. The molecule has 0 aliphatic carbocycles. The maximum Gasteiger partial charge on any atom is 0.243 e. The number of nitrogens with two attached hydrogens (primary N) is 1. The summed E-state index contributed by atoms with van der Waals surface area (Å²) in [6, 6.07) is 7.05. The Morgan fingerprint density at radius 3 is 2.52 bits per heavy atom. The summed E-state index contributed by atoms with van der Waals surface area (Å²) < 4.78 is 32.0. The summed E-state index contributed by atoms with van der Waals surface area (Å²) >= 11 is 0. The highest BCUT2D eigenvalue weighted by Gasteiger charge is 2.24. The van der Waals surface area contributed by atoms with E-state index < -0.39 is 10.0 Å². The summed E-state index contributed by atoms with van der Waals surface area (Å²) in [5, 5.41) is 0. The largest absolute Gasteiger partial charge is 0.469 e. The van der Waals surface area contributed by atoms with Crippen LogP contribution in [0.5, 0.6) is 0 Å². The number of nitrogens with zero attached hydrogens (tertiary/aromatic N) is 1. The van der Waals surface area contributed by atoms with Crippen molar-refractivity contribution in [2.75, 3.05) is 7.05 Å². The fourth-order valence-electron chi connectivity index (χ4n) is 2.12. The van der Waals surface area contributed by atoms with Gasteiger partial charge in [0.05, 0.1) is 11.2 Å². The zero-order valence-corrected chi connectivity index (χ0v) is 13.3. The summed E-state index contributed by atoms with van der Waals surface area (Å²) in [7, 11) is -1.99. The Kier molecular flexibility index (Phi) is 4.51. The molecule has 5 nitrogen and oxygen atoms in total. The monoisotopic (exact) mass is 308 g/mol. The van der Waals surface area contributed by atoms with Crippen LogP contribution in [0, 0.1) is 13.8 Å². The van der Waals surface area contributed by atoms with Crippen LogP contribution >= 0.6 is 0 Å². The molecular formula is C15H20N2O3S. The Balaban J connectivity index is 2.35. The minimum absolute atomic E-state index is 0.275. The number of hydrogen-bond donors (Lipinski definition) is 1. The third-order valence-corrected chi connectivity index (χ3v) is 5.48. The van der Waals surface area contributed by atoms with Gasteiger partial charge in [-0.2, -0.15) is 4.31 Å². The third kappa shape index (κ3) is 3.18.